The smallest absolute Gasteiger partial charge is 0.0300 e. The average Bonchev–Trinajstić information content (AvgIpc) is 2.19. The van der Waals surface area contributed by atoms with Crippen molar-refractivity contribution < 1.29 is 0 Å². The summed E-state index contributed by atoms with van der Waals surface area (Å²) in [6.45, 7) is 4.48. The molecule has 2 heteroatoms. The number of hydrogen-bond donors (Lipinski definition) is 1. The summed E-state index contributed by atoms with van der Waals surface area (Å²) < 4.78 is 0. The maximum atomic E-state index is 4.23. The number of nitrogens with zero attached hydrogens (tertiary/aromatic N) is 1. The predicted octanol–water partition coefficient (Wildman–Crippen LogP) is 1.93. The number of hydrogen-bond acceptors (Lipinski definition) is 2. The zero-order valence-electron chi connectivity index (χ0n) is 8.79. The van der Waals surface area contributed by atoms with E-state index in [9.17, 15) is 0 Å². The first-order valence-electron chi connectivity index (χ1n) is 5.46. The van der Waals surface area contributed by atoms with Crippen LogP contribution in [0.25, 0.3) is 0 Å². The van der Waals surface area contributed by atoms with Gasteiger partial charge in [-0.2, -0.15) is 0 Å². The molecule has 76 valence electrons. The summed E-state index contributed by atoms with van der Waals surface area (Å²) in [6, 6.07) is 2.26. The molecule has 0 spiro atoms. The van der Waals surface area contributed by atoms with E-state index in [2.05, 4.69) is 23.3 Å². The van der Waals surface area contributed by atoms with E-state index in [-0.39, 0.29) is 0 Å². The lowest BCUT2D eigenvalue weighted by molar-refractivity contribution is 0.372. The highest BCUT2D eigenvalue weighted by Crippen LogP contribution is 2.17. The Morgan fingerprint density at radius 1 is 1.36 bits per heavy atom. The minimum absolute atomic E-state index is 0.861. The van der Waals surface area contributed by atoms with Crippen LogP contribution < -0.4 is 5.32 Å². The Balaban J connectivity index is 1.95. The van der Waals surface area contributed by atoms with Crippen LogP contribution >= 0.6 is 0 Å². The van der Waals surface area contributed by atoms with Gasteiger partial charge in [-0.1, -0.05) is 6.07 Å². The van der Waals surface area contributed by atoms with E-state index < -0.39 is 0 Å². The highest BCUT2D eigenvalue weighted by atomic mass is 14.9. The zero-order valence-corrected chi connectivity index (χ0v) is 8.79. The molecule has 1 N–H and O–H groups in total. The Morgan fingerprint density at radius 2 is 2.14 bits per heavy atom. The van der Waals surface area contributed by atoms with Crippen molar-refractivity contribution in [3.05, 3.63) is 29.6 Å². The zero-order chi connectivity index (χ0) is 9.80. The van der Waals surface area contributed by atoms with Gasteiger partial charge in [-0.3, -0.25) is 4.98 Å². The molecule has 2 heterocycles. The number of rotatable bonds is 2. The second-order valence-corrected chi connectivity index (χ2v) is 4.27. The van der Waals surface area contributed by atoms with Crippen LogP contribution in [0.1, 0.15) is 24.0 Å². The van der Waals surface area contributed by atoms with Gasteiger partial charge in [0.2, 0.25) is 0 Å². The lowest BCUT2D eigenvalue weighted by Gasteiger charge is -2.22. The quantitative estimate of drug-likeness (QED) is 0.771. The highest BCUT2D eigenvalue weighted by molar-refractivity contribution is 5.17. The van der Waals surface area contributed by atoms with Gasteiger partial charge in [0, 0.05) is 12.4 Å². The van der Waals surface area contributed by atoms with Gasteiger partial charge < -0.3 is 5.32 Å². The predicted molar refractivity (Wildman–Crippen MR) is 58.3 cm³/mol. The molecule has 0 amide bonds. The van der Waals surface area contributed by atoms with Gasteiger partial charge in [-0.15, -0.1) is 0 Å². The molecule has 14 heavy (non-hydrogen) atoms. The first-order chi connectivity index (χ1) is 6.84. The maximum Gasteiger partial charge on any atom is 0.0300 e. The van der Waals surface area contributed by atoms with Crippen molar-refractivity contribution in [2.45, 2.75) is 26.2 Å². The maximum absolute atomic E-state index is 4.23. The SMILES string of the molecule is Cc1cncc(CC2CCNCC2)c1. The van der Waals surface area contributed by atoms with Crippen LogP contribution in [0.5, 0.6) is 0 Å². The van der Waals surface area contributed by atoms with Crippen molar-refractivity contribution in [3.63, 3.8) is 0 Å². The normalized spacial score (nSPS) is 18.4. The van der Waals surface area contributed by atoms with E-state index in [4.69, 9.17) is 0 Å². The molecule has 1 aliphatic heterocycles. The van der Waals surface area contributed by atoms with Crippen LogP contribution in [-0.2, 0) is 6.42 Å². The molecule has 1 fully saturated rings. The van der Waals surface area contributed by atoms with Crippen molar-refractivity contribution in [1.29, 1.82) is 0 Å². The van der Waals surface area contributed by atoms with E-state index in [1.54, 1.807) is 0 Å². The molecule has 2 nitrogen and oxygen atoms in total. The van der Waals surface area contributed by atoms with E-state index in [1.165, 1.54) is 43.5 Å². The Hall–Kier alpha value is -0.890. The molecule has 0 unspecified atom stereocenters. The molecular formula is C12H18N2. The summed E-state index contributed by atoms with van der Waals surface area (Å²) >= 11 is 0. The second-order valence-electron chi connectivity index (χ2n) is 4.27. The van der Waals surface area contributed by atoms with Crippen LogP contribution in [0.2, 0.25) is 0 Å². The molecule has 1 saturated heterocycles. The highest BCUT2D eigenvalue weighted by Gasteiger charge is 2.13. The van der Waals surface area contributed by atoms with Gasteiger partial charge in [-0.05, 0) is 56.3 Å². The first-order valence-corrected chi connectivity index (χ1v) is 5.46. The summed E-state index contributed by atoms with van der Waals surface area (Å²) in [4.78, 5) is 4.23. The van der Waals surface area contributed by atoms with Gasteiger partial charge >= 0.3 is 0 Å². The first kappa shape index (κ1) is 9.66. The summed E-state index contributed by atoms with van der Waals surface area (Å²) in [5, 5.41) is 3.40. The third-order valence-electron chi connectivity index (χ3n) is 2.91. The Labute approximate surface area is 85.7 Å². The van der Waals surface area contributed by atoms with Crippen molar-refractivity contribution in [1.82, 2.24) is 10.3 Å². The summed E-state index contributed by atoms with van der Waals surface area (Å²) in [5.41, 5.74) is 2.67. The fourth-order valence-electron chi connectivity index (χ4n) is 2.15. The van der Waals surface area contributed by atoms with Crippen molar-refractivity contribution in [3.8, 4) is 0 Å². The molecular weight excluding hydrogens is 172 g/mol. The van der Waals surface area contributed by atoms with E-state index in [1.807, 2.05) is 12.4 Å². The van der Waals surface area contributed by atoms with E-state index in [0.717, 1.165) is 5.92 Å². The Kier molecular flexibility index (Phi) is 3.14. The van der Waals surface area contributed by atoms with Crippen LogP contribution in [0.15, 0.2) is 18.5 Å². The molecule has 1 aliphatic rings. The number of aromatic nitrogens is 1. The molecule has 0 aromatic carbocycles. The molecule has 0 atom stereocenters. The molecule has 0 saturated carbocycles. The van der Waals surface area contributed by atoms with Gasteiger partial charge in [0.05, 0.1) is 0 Å². The van der Waals surface area contributed by atoms with Gasteiger partial charge in [0.25, 0.3) is 0 Å². The molecule has 0 aliphatic carbocycles. The van der Waals surface area contributed by atoms with Gasteiger partial charge in [0.1, 0.15) is 0 Å². The standard InChI is InChI=1S/C12H18N2/c1-10-6-12(9-14-8-10)7-11-2-4-13-5-3-11/h6,8-9,11,13H,2-5,7H2,1H3. The molecule has 0 radical (unpaired) electrons. The molecule has 1 aromatic rings. The van der Waals surface area contributed by atoms with Crippen molar-refractivity contribution in [2.24, 2.45) is 5.92 Å². The van der Waals surface area contributed by atoms with Crippen molar-refractivity contribution >= 4 is 0 Å². The third-order valence-corrected chi connectivity index (χ3v) is 2.91. The van der Waals surface area contributed by atoms with Gasteiger partial charge in [0.15, 0.2) is 0 Å². The lowest BCUT2D eigenvalue weighted by atomic mass is 9.91. The third kappa shape index (κ3) is 2.55. The fourth-order valence-corrected chi connectivity index (χ4v) is 2.15. The van der Waals surface area contributed by atoms with E-state index >= 15 is 0 Å². The number of piperidine rings is 1. The van der Waals surface area contributed by atoms with Crippen LogP contribution in [0, 0.1) is 12.8 Å². The number of pyridine rings is 1. The summed E-state index contributed by atoms with van der Waals surface area (Å²) in [5.74, 6) is 0.861. The molecule has 0 bridgehead atoms. The molecule has 2 rings (SSSR count). The fraction of sp³-hybridized carbons (Fsp3) is 0.583. The Morgan fingerprint density at radius 3 is 2.86 bits per heavy atom. The topological polar surface area (TPSA) is 24.9 Å². The second kappa shape index (κ2) is 4.56. The summed E-state index contributed by atoms with van der Waals surface area (Å²) in [6.07, 6.45) is 7.76. The summed E-state index contributed by atoms with van der Waals surface area (Å²) in [7, 11) is 0. The largest absolute Gasteiger partial charge is 0.317 e. The van der Waals surface area contributed by atoms with Crippen molar-refractivity contribution in [2.75, 3.05) is 13.1 Å². The Bertz CT molecular complexity index is 290. The van der Waals surface area contributed by atoms with Crippen LogP contribution in [0.3, 0.4) is 0 Å². The average molecular weight is 190 g/mol. The number of nitrogens with one attached hydrogen (secondary N) is 1. The monoisotopic (exact) mass is 190 g/mol. The minimum Gasteiger partial charge on any atom is -0.317 e. The van der Waals surface area contributed by atoms with Crippen LogP contribution in [-0.4, -0.2) is 18.1 Å². The lowest BCUT2D eigenvalue weighted by Crippen LogP contribution is -2.28. The van der Waals surface area contributed by atoms with Gasteiger partial charge in [-0.25, -0.2) is 0 Å². The molecule has 1 aromatic heterocycles. The van der Waals surface area contributed by atoms with E-state index in [0.29, 0.717) is 0 Å². The number of aryl methyl sites for hydroxylation is 1. The van der Waals surface area contributed by atoms with Crippen LogP contribution in [0.4, 0.5) is 0 Å². The minimum atomic E-state index is 0.861.